The van der Waals surface area contributed by atoms with Crippen LogP contribution in [0.1, 0.15) is 5.56 Å². The Hall–Kier alpha value is -2.32. The highest BCUT2D eigenvalue weighted by molar-refractivity contribution is 5.73. The van der Waals surface area contributed by atoms with Gasteiger partial charge in [-0.25, -0.2) is 4.39 Å². The van der Waals surface area contributed by atoms with Gasteiger partial charge in [-0.1, -0.05) is 0 Å². The van der Waals surface area contributed by atoms with Crippen LogP contribution in [0.25, 0.3) is 0 Å². The van der Waals surface area contributed by atoms with Gasteiger partial charge in [-0.05, 0) is 12.1 Å². The number of nitro benzene ring substituents is 1. The Morgan fingerprint density at radius 3 is 2.56 bits per heavy atom. The third-order valence-electron chi connectivity index (χ3n) is 1.92. The topological polar surface area (TPSA) is 89.7 Å². The standard InChI is InChI=1S/C9H6F3NO5/c10-5-1-2-6(18-9(11)12)8(13(16)17)4(5)3-7(14)15/h1-2,9H,3H2,(H,14,15). The second-order valence-electron chi connectivity index (χ2n) is 3.08. The summed E-state index contributed by atoms with van der Waals surface area (Å²) in [6.07, 6.45) is -1.01. The summed E-state index contributed by atoms with van der Waals surface area (Å²) in [6, 6.07) is 1.27. The number of rotatable bonds is 5. The first kappa shape index (κ1) is 13.7. The van der Waals surface area contributed by atoms with Crippen molar-refractivity contribution in [1.29, 1.82) is 0 Å². The zero-order valence-corrected chi connectivity index (χ0v) is 8.60. The van der Waals surface area contributed by atoms with E-state index in [1.165, 1.54) is 0 Å². The van der Waals surface area contributed by atoms with Crippen molar-refractivity contribution in [3.63, 3.8) is 0 Å². The third kappa shape index (κ3) is 3.09. The van der Waals surface area contributed by atoms with Gasteiger partial charge in [0.25, 0.3) is 0 Å². The zero-order valence-electron chi connectivity index (χ0n) is 8.60. The first-order chi connectivity index (χ1) is 8.32. The van der Waals surface area contributed by atoms with Crippen LogP contribution >= 0.6 is 0 Å². The van der Waals surface area contributed by atoms with E-state index < -0.39 is 46.7 Å². The number of hydrogen-bond donors (Lipinski definition) is 1. The fourth-order valence-electron chi connectivity index (χ4n) is 1.30. The van der Waals surface area contributed by atoms with Crippen LogP contribution in [0.2, 0.25) is 0 Å². The Kier molecular flexibility index (Phi) is 4.08. The van der Waals surface area contributed by atoms with E-state index in [0.717, 1.165) is 0 Å². The molecular weight excluding hydrogens is 259 g/mol. The van der Waals surface area contributed by atoms with Gasteiger partial charge in [0.1, 0.15) is 5.82 Å². The van der Waals surface area contributed by atoms with Crippen LogP contribution < -0.4 is 4.74 Å². The van der Waals surface area contributed by atoms with Crippen molar-refractivity contribution in [3.05, 3.63) is 33.6 Å². The molecule has 0 aromatic heterocycles. The Morgan fingerprint density at radius 1 is 1.50 bits per heavy atom. The number of hydrogen-bond acceptors (Lipinski definition) is 4. The lowest BCUT2D eigenvalue weighted by Crippen LogP contribution is -2.10. The fraction of sp³-hybridized carbons (Fsp3) is 0.222. The maximum absolute atomic E-state index is 13.3. The molecule has 0 atom stereocenters. The van der Waals surface area contributed by atoms with E-state index in [4.69, 9.17) is 5.11 Å². The van der Waals surface area contributed by atoms with Crippen LogP contribution in [0.5, 0.6) is 5.75 Å². The molecule has 18 heavy (non-hydrogen) atoms. The molecule has 1 N–H and O–H groups in total. The number of nitro groups is 1. The molecule has 1 aromatic carbocycles. The van der Waals surface area contributed by atoms with Crippen molar-refractivity contribution < 1.29 is 32.7 Å². The molecule has 6 nitrogen and oxygen atoms in total. The summed E-state index contributed by atoms with van der Waals surface area (Å²) >= 11 is 0. The van der Waals surface area contributed by atoms with Gasteiger partial charge in [-0.15, -0.1) is 0 Å². The molecular formula is C9H6F3NO5. The summed E-state index contributed by atoms with van der Waals surface area (Å²) in [4.78, 5) is 20.0. The molecule has 0 heterocycles. The van der Waals surface area contributed by atoms with Crippen molar-refractivity contribution in [1.82, 2.24) is 0 Å². The number of halogens is 3. The van der Waals surface area contributed by atoms with Gasteiger partial charge in [0.15, 0.2) is 0 Å². The van der Waals surface area contributed by atoms with E-state index in [-0.39, 0.29) is 0 Å². The molecule has 0 unspecified atom stereocenters. The molecule has 0 aliphatic carbocycles. The number of carboxylic acids is 1. The average molecular weight is 265 g/mol. The monoisotopic (exact) mass is 265 g/mol. The van der Waals surface area contributed by atoms with Gasteiger partial charge < -0.3 is 9.84 Å². The number of ether oxygens (including phenoxy) is 1. The number of aliphatic carboxylic acids is 1. The summed E-state index contributed by atoms with van der Waals surface area (Å²) < 4.78 is 41.1. The molecule has 1 rings (SSSR count). The summed E-state index contributed by atoms with van der Waals surface area (Å²) in [5.41, 5.74) is -1.93. The zero-order chi connectivity index (χ0) is 13.9. The van der Waals surface area contributed by atoms with Gasteiger partial charge >= 0.3 is 18.3 Å². The summed E-state index contributed by atoms with van der Waals surface area (Å²) in [5.74, 6) is -3.59. The molecule has 0 radical (unpaired) electrons. The number of carbonyl (C=O) groups is 1. The van der Waals surface area contributed by atoms with Gasteiger partial charge in [0.2, 0.25) is 5.75 Å². The summed E-state index contributed by atoms with van der Waals surface area (Å²) in [5, 5.41) is 19.2. The van der Waals surface area contributed by atoms with E-state index in [0.29, 0.717) is 12.1 Å². The molecule has 0 amide bonds. The quantitative estimate of drug-likeness (QED) is 0.649. The predicted octanol–water partition coefficient (Wildman–Crippen LogP) is 1.96. The van der Waals surface area contributed by atoms with Crippen molar-refractivity contribution >= 4 is 11.7 Å². The molecule has 1 aromatic rings. The van der Waals surface area contributed by atoms with E-state index in [1.54, 1.807) is 0 Å². The first-order valence-electron chi connectivity index (χ1n) is 4.45. The van der Waals surface area contributed by atoms with Crippen molar-refractivity contribution in [3.8, 4) is 5.75 Å². The fourth-order valence-corrected chi connectivity index (χ4v) is 1.30. The smallest absolute Gasteiger partial charge is 0.387 e. The number of carboxylic acid groups (broad SMARTS) is 1. The second-order valence-corrected chi connectivity index (χ2v) is 3.08. The van der Waals surface area contributed by atoms with E-state index in [1.807, 2.05) is 0 Å². The summed E-state index contributed by atoms with van der Waals surface area (Å²) in [7, 11) is 0. The SMILES string of the molecule is O=C(O)Cc1c(F)ccc(OC(F)F)c1[N+](=O)[O-]. The second kappa shape index (κ2) is 5.34. The van der Waals surface area contributed by atoms with Crippen LogP contribution in [-0.2, 0) is 11.2 Å². The minimum atomic E-state index is -3.34. The number of benzene rings is 1. The Labute approximate surface area is 97.7 Å². The van der Waals surface area contributed by atoms with Gasteiger partial charge in [0, 0.05) is 0 Å². The van der Waals surface area contributed by atoms with Crippen molar-refractivity contribution in [2.45, 2.75) is 13.0 Å². The lowest BCUT2D eigenvalue weighted by atomic mass is 10.1. The third-order valence-corrected chi connectivity index (χ3v) is 1.92. The normalized spacial score (nSPS) is 10.4. The highest BCUT2D eigenvalue weighted by Crippen LogP contribution is 2.34. The highest BCUT2D eigenvalue weighted by atomic mass is 19.3. The molecule has 98 valence electrons. The molecule has 0 saturated carbocycles. The lowest BCUT2D eigenvalue weighted by molar-refractivity contribution is -0.387. The van der Waals surface area contributed by atoms with Gasteiger partial charge in [-0.3, -0.25) is 14.9 Å². The molecule has 0 aliphatic heterocycles. The Bertz CT molecular complexity index is 491. The van der Waals surface area contributed by atoms with Crippen LogP contribution in [-0.4, -0.2) is 22.6 Å². The lowest BCUT2D eigenvalue weighted by Gasteiger charge is -2.08. The maximum Gasteiger partial charge on any atom is 0.387 e. The molecule has 0 saturated heterocycles. The Morgan fingerprint density at radius 2 is 2.11 bits per heavy atom. The van der Waals surface area contributed by atoms with Crippen LogP contribution in [0, 0.1) is 15.9 Å². The van der Waals surface area contributed by atoms with E-state index in [9.17, 15) is 28.1 Å². The molecule has 0 bridgehead atoms. The molecule has 0 spiro atoms. The van der Waals surface area contributed by atoms with Crippen LogP contribution in [0.3, 0.4) is 0 Å². The van der Waals surface area contributed by atoms with Crippen LogP contribution in [0.15, 0.2) is 12.1 Å². The maximum atomic E-state index is 13.3. The average Bonchev–Trinajstić information content (AvgIpc) is 2.21. The predicted molar refractivity (Wildman–Crippen MR) is 51.0 cm³/mol. The highest BCUT2D eigenvalue weighted by Gasteiger charge is 2.27. The van der Waals surface area contributed by atoms with Gasteiger partial charge in [0.05, 0.1) is 16.9 Å². The Balaban J connectivity index is 3.37. The number of nitrogens with zero attached hydrogens (tertiary/aromatic N) is 1. The largest absolute Gasteiger partial charge is 0.481 e. The minimum absolute atomic E-state index is 0.628. The van der Waals surface area contributed by atoms with E-state index >= 15 is 0 Å². The number of alkyl halides is 2. The minimum Gasteiger partial charge on any atom is -0.481 e. The molecule has 9 heteroatoms. The van der Waals surface area contributed by atoms with Gasteiger partial charge in [-0.2, -0.15) is 8.78 Å². The first-order valence-corrected chi connectivity index (χ1v) is 4.45. The molecule has 0 aliphatic rings. The van der Waals surface area contributed by atoms with E-state index in [2.05, 4.69) is 4.74 Å². The van der Waals surface area contributed by atoms with Crippen molar-refractivity contribution in [2.75, 3.05) is 0 Å². The molecule has 0 fully saturated rings. The van der Waals surface area contributed by atoms with Crippen molar-refractivity contribution in [2.24, 2.45) is 0 Å². The van der Waals surface area contributed by atoms with Crippen LogP contribution in [0.4, 0.5) is 18.9 Å². The summed E-state index contributed by atoms with van der Waals surface area (Å²) in [6.45, 7) is -3.34.